The van der Waals surface area contributed by atoms with Crippen molar-refractivity contribution in [1.29, 1.82) is 0 Å². The second-order valence-electron chi connectivity index (χ2n) is 4.83. The maximum atomic E-state index is 12.1. The average Bonchev–Trinajstić information content (AvgIpc) is 2.95. The summed E-state index contributed by atoms with van der Waals surface area (Å²) in [6.07, 6.45) is 0. The molecule has 0 unspecified atom stereocenters. The lowest BCUT2D eigenvalue weighted by molar-refractivity contribution is -0.389. The number of aromatic nitrogens is 1. The summed E-state index contributed by atoms with van der Waals surface area (Å²) >= 11 is 0. The first-order chi connectivity index (χ1) is 9.58. The quantitative estimate of drug-likeness (QED) is 0.580. The number of hydrogen-bond donors (Lipinski definition) is 2. The molecule has 2 N–H and O–H groups in total. The molecule has 0 bridgehead atoms. The van der Waals surface area contributed by atoms with Crippen molar-refractivity contribution in [3.8, 4) is 0 Å². The van der Waals surface area contributed by atoms with E-state index in [-0.39, 0.29) is 17.4 Å². The number of H-pyrrole nitrogens is 1. The Labute approximate surface area is 116 Å². The molecular formula is C12H19N5O3. The molecule has 0 aliphatic carbocycles. The van der Waals surface area contributed by atoms with E-state index in [1.54, 1.807) is 11.9 Å². The third kappa shape index (κ3) is 3.55. The average molecular weight is 281 g/mol. The molecule has 0 spiro atoms. The lowest BCUT2D eigenvalue weighted by Crippen LogP contribution is -2.46. The first-order valence-electron chi connectivity index (χ1n) is 6.60. The number of likely N-dealkylation sites (N-methyl/N-ethyl adjacent to an activating group) is 1. The number of hydrogen-bond acceptors (Lipinski definition) is 5. The first kappa shape index (κ1) is 14.5. The van der Waals surface area contributed by atoms with Gasteiger partial charge in [0.15, 0.2) is 5.69 Å². The predicted molar refractivity (Wildman–Crippen MR) is 73.7 cm³/mol. The van der Waals surface area contributed by atoms with Gasteiger partial charge in [-0.2, -0.15) is 0 Å². The molecule has 0 radical (unpaired) electrons. The Morgan fingerprint density at radius 3 is 2.75 bits per heavy atom. The summed E-state index contributed by atoms with van der Waals surface area (Å²) in [5.74, 6) is -0.392. The van der Waals surface area contributed by atoms with E-state index in [1.165, 1.54) is 12.1 Å². The van der Waals surface area contributed by atoms with E-state index < -0.39 is 4.92 Å². The van der Waals surface area contributed by atoms with E-state index in [4.69, 9.17) is 0 Å². The Balaban J connectivity index is 1.85. The van der Waals surface area contributed by atoms with Crippen molar-refractivity contribution in [3.05, 3.63) is 27.9 Å². The van der Waals surface area contributed by atoms with Crippen LogP contribution in [0.2, 0.25) is 0 Å². The lowest BCUT2D eigenvalue weighted by atomic mass is 10.3. The summed E-state index contributed by atoms with van der Waals surface area (Å²) in [4.78, 5) is 28.5. The summed E-state index contributed by atoms with van der Waals surface area (Å²) < 4.78 is 0. The van der Waals surface area contributed by atoms with E-state index in [0.717, 1.165) is 32.7 Å². The van der Waals surface area contributed by atoms with Gasteiger partial charge in [0.2, 0.25) is 0 Å². The van der Waals surface area contributed by atoms with Gasteiger partial charge in [-0.15, -0.1) is 0 Å². The van der Waals surface area contributed by atoms with Crippen molar-refractivity contribution >= 4 is 11.7 Å². The number of nitro groups is 1. The Bertz CT molecular complexity index is 481. The summed E-state index contributed by atoms with van der Waals surface area (Å²) in [5, 5.41) is 13.8. The van der Waals surface area contributed by atoms with Gasteiger partial charge in [0.1, 0.15) is 0 Å². The molecule has 0 aromatic carbocycles. The summed E-state index contributed by atoms with van der Waals surface area (Å²) in [7, 11) is 1.71. The van der Waals surface area contributed by atoms with Gasteiger partial charge < -0.3 is 20.3 Å². The third-order valence-electron chi connectivity index (χ3n) is 3.41. The van der Waals surface area contributed by atoms with Gasteiger partial charge in [-0.3, -0.25) is 9.69 Å². The highest BCUT2D eigenvalue weighted by atomic mass is 16.6. The molecule has 110 valence electrons. The van der Waals surface area contributed by atoms with Crippen molar-refractivity contribution in [2.45, 2.75) is 0 Å². The van der Waals surface area contributed by atoms with Crippen LogP contribution in [0.4, 0.5) is 5.82 Å². The number of amides is 1. The van der Waals surface area contributed by atoms with Crippen molar-refractivity contribution in [2.24, 2.45) is 0 Å². The Kier molecular flexibility index (Phi) is 4.70. The van der Waals surface area contributed by atoms with Crippen LogP contribution in [0.3, 0.4) is 0 Å². The normalized spacial score (nSPS) is 16.1. The fourth-order valence-electron chi connectivity index (χ4n) is 2.15. The van der Waals surface area contributed by atoms with E-state index in [9.17, 15) is 14.9 Å². The Morgan fingerprint density at radius 2 is 2.15 bits per heavy atom. The van der Waals surface area contributed by atoms with Crippen LogP contribution in [0.5, 0.6) is 0 Å². The maximum Gasteiger partial charge on any atom is 0.321 e. The highest BCUT2D eigenvalue weighted by molar-refractivity contribution is 5.92. The van der Waals surface area contributed by atoms with Crippen LogP contribution in [-0.2, 0) is 0 Å². The zero-order valence-corrected chi connectivity index (χ0v) is 11.5. The van der Waals surface area contributed by atoms with Gasteiger partial charge in [-0.1, -0.05) is 0 Å². The van der Waals surface area contributed by atoms with Gasteiger partial charge in [-0.05, 0) is 11.0 Å². The minimum Gasteiger partial charge on any atom is -0.358 e. The monoisotopic (exact) mass is 281 g/mol. The van der Waals surface area contributed by atoms with Gasteiger partial charge in [-0.25, -0.2) is 4.98 Å². The van der Waals surface area contributed by atoms with Crippen LogP contribution in [0, 0.1) is 10.1 Å². The zero-order valence-electron chi connectivity index (χ0n) is 11.5. The van der Waals surface area contributed by atoms with Gasteiger partial charge in [0.25, 0.3) is 5.91 Å². The van der Waals surface area contributed by atoms with Crippen LogP contribution in [0.15, 0.2) is 12.1 Å². The SMILES string of the molecule is CN(CCN1CCNCC1)C(=O)c1ccc([N+](=O)[O-])[nH]1. The number of carbonyl (C=O) groups is 1. The highest BCUT2D eigenvalue weighted by Crippen LogP contribution is 2.11. The lowest BCUT2D eigenvalue weighted by Gasteiger charge is -2.28. The van der Waals surface area contributed by atoms with Crippen LogP contribution < -0.4 is 5.32 Å². The minimum absolute atomic E-state index is 0.163. The third-order valence-corrected chi connectivity index (χ3v) is 3.41. The smallest absolute Gasteiger partial charge is 0.321 e. The topological polar surface area (TPSA) is 94.5 Å². The first-order valence-corrected chi connectivity index (χ1v) is 6.60. The Hall–Kier alpha value is -1.93. The summed E-state index contributed by atoms with van der Waals surface area (Å²) in [6.45, 7) is 5.32. The van der Waals surface area contributed by atoms with Crippen LogP contribution in [0.1, 0.15) is 10.5 Å². The number of nitrogens with one attached hydrogen (secondary N) is 2. The zero-order chi connectivity index (χ0) is 14.5. The van der Waals surface area contributed by atoms with Gasteiger partial charge in [0.05, 0.1) is 0 Å². The second-order valence-corrected chi connectivity index (χ2v) is 4.83. The number of piperazine rings is 1. The summed E-state index contributed by atoms with van der Waals surface area (Å²) in [5.41, 5.74) is 0.250. The molecule has 1 fully saturated rings. The van der Waals surface area contributed by atoms with E-state index >= 15 is 0 Å². The van der Waals surface area contributed by atoms with E-state index in [0.29, 0.717) is 6.54 Å². The maximum absolute atomic E-state index is 12.1. The van der Waals surface area contributed by atoms with Crippen LogP contribution >= 0.6 is 0 Å². The fraction of sp³-hybridized carbons (Fsp3) is 0.583. The van der Waals surface area contributed by atoms with Crippen molar-refractivity contribution < 1.29 is 9.72 Å². The van der Waals surface area contributed by atoms with Crippen LogP contribution in [-0.4, -0.2) is 71.9 Å². The molecule has 2 rings (SSSR count). The van der Waals surface area contributed by atoms with E-state index in [1.807, 2.05) is 0 Å². The van der Waals surface area contributed by atoms with Crippen molar-refractivity contribution in [2.75, 3.05) is 46.3 Å². The molecule has 1 aromatic heterocycles. The van der Waals surface area contributed by atoms with Crippen molar-refractivity contribution in [3.63, 3.8) is 0 Å². The predicted octanol–water partition coefficient (Wildman–Crippen LogP) is -0.0999. The molecule has 0 saturated carbocycles. The standard InChI is InChI=1S/C12H19N5O3/c1-15(8-9-16-6-4-13-5-7-16)12(18)10-2-3-11(14-10)17(19)20/h2-3,13-14H,4-9H2,1H3. The Morgan fingerprint density at radius 1 is 1.45 bits per heavy atom. The molecular weight excluding hydrogens is 262 g/mol. The molecule has 1 aromatic rings. The fourth-order valence-corrected chi connectivity index (χ4v) is 2.15. The molecule has 0 atom stereocenters. The molecule has 1 aliphatic rings. The van der Waals surface area contributed by atoms with Crippen LogP contribution in [0.25, 0.3) is 0 Å². The number of nitrogens with zero attached hydrogens (tertiary/aromatic N) is 3. The molecule has 8 heteroatoms. The summed E-state index contributed by atoms with van der Waals surface area (Å²) in [6, 6.07) is 2.75. The molecule has 20 heavy (non-hydrogen) atoms. The molecule has 8 nitrogen and oxygen atoms in total. The largest absolute Gasteiger partial charge is 0.358 e. The van der Waals surface area contributed by atoms with Gasteiger partial charge in [0, 0.05) is 52.4 Å². The van der Waals surface area contributed by atoms with E-state index in [2.05, 4.69) is 15.2 Å². The second kappa shape index (κ2) is 6.49. The molecule has 1 saturated heterocycles. The molecule has 1 aliphatic heterocycles. The highest BCUT2D eigenvalue weighted by Gasteiger charge is 2.19. The number of aromatic amines is 1. The minimum atomic E-state index is -0.544. The number of rotatable bonds is 5. The molecule has 1 amide bonds. The van der Waals surface area contributed by atoms with Gasteiger partial charge >= 0.3 is 5.82 Å². The number of carbonyl (C=O) groups excluding carboxylic acids is 1. The van der Waals surface area contributed by atoms with Crippen molar-refractivity contribution in [1.82, 2.24) is 20.1 Å². The molecule has 2 heterocycles.